The van der Waals surface area contributed by atoms with Crippen molar-refractivity contribution in [2.45, 2.75) is 25.3 Å². The van der Waals surface area contributed by atoms with E-state index < -0.39 is 9.84 Å². The van der Waals surface area contributed by atoms with Gasteiger partial charge in [0, 0.05) is 18.7 Å². The van der Waals surface area contributed by atoms with Crippen molar-refractivity contribution in [2.75, 3.05) is 31.3 Å². The van der Waals surface area contributed by atoms with Crippen LogP contribution in [0.2, 0.25) is 0 Å². The van der Waals surface area contributed by atoms with Crippen LogP contribution in [-0.2, 0) is 14.6 Å². The summed E-state index contributed by atoms with van der Waals surface area (Å²) in [5.74, 6) is 1.18. The van der Waals surface area contributed by atoms with Gasteiger partial charge in [0.15, 0.2) is 9.84 Å². The molecule has 0 aliphatic carbocycles. The summed E-state index contributed by atoms with van der Waals surface area (Å²) >= 11 is 0. The topological polar surface area (TPSA) is 55.4 Å². The summed E-state index contributed by atoms with van der Waals surface area (Å²) < 4.78 is 28.0. The second kappa shape index (κ2) is 4.03. The van der Waals surface area contributed by atoms with Crippen LogP contribution in [0.1, 0.15) is 19.8 Å². The third-order valence-corrected chi connectivity index (χ3v) is 5.25. The Kier molecular flexibility index (Phi) is 3.05. The lowest BCUT2D eigenvalue weighted by molar-refractivity contribution is 0.183. The fraction of sp³-hybridized carbons (Fsp3) is 1.00. The molecule has 2 aliphatic heterocycles. The summed E-state index contributed by atoms with van der Waals surface area (Å²) in [6.45, 7) is 4.55. The van der Waals surface area contributed by atoms with Crippen molar-refractivity contribution in [3.63, 3.8) is 0 Å². The van der Waals surface area contributed by atoms with E-state index in [9.17, 15) is 8.42 Å². The summed E-state index contributed by atoms with van der Waals surface area (Å²) in [5.41, 5.74) is -0.207. The molecule has 2 heterocycles. The minimum Gasteiger partial charge on any atom is -0.381 e. The van der Waals surface area contributed by atoms with Crippen LogP contribution in [0.25, 0.3) is 0 Å². The average molecular weight is 233 g/mol. The standard InChI is InChI=1S/C10H19NO3S/c1-10(3-5-15(12,13)8-10)11-6-9-2-4-14-7-9/h9,11H,2-8H2,1H3. The normalized spacial score (nSPS) is 39.7. The van der Waals surface area contributed by atoms with Crippen LogP contribution in [0.15, 0.2) is 0 Å². The highest BCUT2D eigenvalue weighted by molar-refractivity contribution is 7.91. The molecule has 2 fully saturated rings. The number of ether oxygens (including phenoxy) is 1. The van der Waals surface area contributed by atoms with Gasteiger partial charge < -0.3 is 10.1 Å². The Balaban J connectivity index is 1.83. The van der Waals surface area contributed by atoms with Crippen LogP contribution in [0.4, 0.5) is 0 Å². The zero-order chi connectivity index (χ0) is 10.9. The minimum atomic E-state index is -2.79. The van der Waals surface area contributed by atoms with Crippen LogP contribution in [-0.4, -0.2) is 45.2 Å². The monoisotopic (exact) mass is 233 g/mol. The lowest BCUT2D eigenvalue weighted by atomic mass is 10.0. The van der Waals surface area contributed by atoms with Gasteiger partial charge in [0.1, 0.15) is 0 Å². The smallest absolute Gasteiger partial charge is 0.152 e. The predicted molar refractivity (Wildman–Crippen MR) is 58.6 cm³/mol. The molecule has 0 aromatic heterocycles. The summed E-state index contributed by atoms with van der Waals surface area (Å²) in [5, 5.41) is 3.40. The lowest BCUT2D eigenvalue weighted by Crippen LogP contribution is -2.45. The van der Waals surface area contributed by atoms with Crippen LogP contribution in [0, 0.1) is 5.92 Å². The van der Waals surface area contributed by atoms with Gasteiger partial charge in [-0.3, -0.25) is 0 Å². The first kappa shape index (κ1) is 11.4. The summed E-state index contributed by atoms with van der Waals surface area (Å²) in [7, 11) is -2.79. The fourth-order valence-corrected chi connectivity index (χ4v) is 4.41. The van der Waals surface area contributed by atoms with Crippen molar-refractivity contribution in [1.29, 1.82) is 0 Å². The van der Waals surface area contributed by atoms with Crippen molar-refractivity contribution < 1.29 is 13.2 Å². The van der Waals surface area contributed by atoms with Crippen LogP contribution < -0.4 is 5.32 Å². The number of rotatable bonds is 3. The van der Waals surface area contributed by atoms with Gasteiger partial charge in [-0.25, -0.2) is 8.42 Å². The molecule has 15 heavy (non-hydrogen) atoms. The van der Waals surface area contributed by atoms with Gasteiger partial charge in [-0.15, -0.1) is 0 Å². The molecule has 0 amide bonds. The van der Waals surface area contributed by atoms with Crippen LogP contribution >= 0.6 is 0 Å². The van der Waals surface area contributed by atoms with E-state index in [4.69, 9.17) is 4.74 Å². The molecule has 2 unspecified atom stereocenters. The zero-order valence-corrected chi connectivity index (χ0v) is 9.98. The molecule has 2 saturated heterocycles. The number of nitrogens with one attached hydrogen (secondary N) is 1. The quantitative estimate of drug-likeness (QED) is 0.756. The number of sulfone groups is 1. The van der Waals surface area contributed by atoms with E-state index in [1.807, 2.05) is 6.92 Å². The predicted octanol–water partition coefficient (Wildman–Crippen LogP) is 0.190. The molecule has 4 nitrogen and oxygen atoms in total. The molecule has 88 valence electrons. The Bertz CT molecular complexity index is 322. The van der Waals surface area contributed by atoms with Crippen LogP contribution in [0.3, 0.4) is 0 Å². The fourth-order valence-electron chi connectivity index (χ4n) is 2.28. The highest BCUT2D eigenvalue weighted by Crippen LogP contribution is 2.23. The molecular weight excluding hydrogens is 214 g/mol. The largest absolute Gasteiger partial charge is 0.381 e. The van der Waals surface area contributed by atoms with Gasteiger partial charge in [-0.05, 0) is 25.7 Å². The number of hydrogen-bond acceptors (Lipinski definition) is 4. The van der Waals surface area contributed by atoms with Crippen LogP contribution in [0.5, 0.6) is 0 Å². The maximum Gasteiger partial charge on any atom is 0.152 e. The van der Waals surface area contributed by atoms with Gasteiger partial charge in [0.2, 0.25) is 0 Å². The third kappa shape index (κ3) is 2.92. The average Bonchev–Trinajstić information content (AvgIpc) is 2.71. The summed E-state index contributed by atoms with van der Waals surface area (Å²) in [4.78, 5) is 0. The molecular formula is C10H19NO3S. The van der Waals surface area contributed by atoms with Gasteiger partial charge in [-0.2, -0.15) is 0 Å². The van der Waals surface area contributed by atoms with Crippen molar-refractivity contribution in [1.82, 2.24) is 5.32 Å². The summed E-state index contributed by atoms with van der Waals surface area (Å²) in [6, 6.07) is 0. The van der Waals surface area contributed by atoms with Gasteiger partial charge in [-0.1, -0.05) is 0 Å². The Hall–Kier alpha value is -0.130. The van der Waals surface area contributed by atoms with Gasteiger partial charge in [0.25, 0.3) is 0 Å². The molecule has 0 aromatic rings. The second-order valence-electron chi connectivity index (χ2n) is 5.01. The third-order valence-electron chi connectivity index (χ3n) is 3.34. The Morgan fingerprint density at radius 3 is 2.87 bits per heavy atom. The molecule has 1 N–H and O–H groups in total. The summed E-state index contributed by atoms with van der Waals surface area (Å²) in [6.07, 6.45) is 1.83. The highest BCUT2D eigenvalue weighted by atomic mass is 32.2. The van der Waals surface area contributed by atoms with E-state index >= 15 is 0 Å². The molecule has 5 heteroatoms. The van der Waals surface area contributed by atoms with E-state index in [2.05, 4.69) is 5.32 Å². The van der Waals surface area contributed by atoms with E-state index in [0.717, 1.165) is 32.6 Å². The Labute approximate surface area is 91.3 Å². The molecule has 0 aromatic carbocycles. The molecule has 0 radical (unpaired) electrons. The molecule has 0 saturated carbocycles. The second-order valence-corrected chi connectivity index (χ2v) is 7.20. The van der Waals surface area contributed by atoms with E-state index in [-0.39, 0.29) is 11.3 Å². The Morgan fingerprint density at radius 1 is 1.53 bits per heavy atom. The molecule has 0 bridgehead atoms. The minimum absolute atomic E-state index is 0.207. The first-order chi connectivity index (χ1) is 6.99. The zero-order valence-electron chi connectivity index (χ0n) is 9.16. The maximum absolute atomic E-state index is 11.4. The molecule has 2 atom stereocenters. The van der Waals surface area contributed by atoms with Crippen molar-refractivity contribution in [3.05, 3.63) is 0 Å². The van der Waals surface area contributed by atoms with Crippen molar-refractivity contribution in [3.8, 4) is 0 Å². The molecule has 2 aliphatic rings. The highest BCUT2D eigenvalue weighted by Gasteiger charge is 2.38. The maximum atomic E-state index is 11.4. The van der Waals surface area contributed by atoms with Crippen molar-refractivity contribution in [2.24, 2.45) is 5.92 Å². The number of hydrogen-bond donors (Lipinski definition) is 1. The Morgan fingerprint density at radius 2 is 2.33 bits per heavy atom. The first-order valence-corrected chi connectivity index (χ1v) is 7.34. The van der Waals surface area contributed by atoms with Crippen molar-refractivity contribution >= 4 is 9.84 Å². The van der Waals surface area contributed by atoms with E-state index in [1.54, 1.807) is 0 Å². The SMILES string of the molecule is CC1(NCC2CCOC2)CCS(=O)(=O)C1. The lowest BCUT2D eigenvalue weighted by Gasteiger charge is -2.25. The molecule has 0 spiro atoms. The van der Waals surface area contributed by atoms with E-state index in [1.165, 1.54) is 0 Å². The van der Waals surface area contributed by atoms with E-state index in [0.29, 0.717) is 11.7 Å². The van der Waals surface area contributed by atoms with Gasteiger partial charge in [0.05, 0.1) is 18.1 Å². The van der Waals surface area contributed by atoms with Gasteiger partial charge >= 0.3 is 0 Å². The molecule has 2 rings (SSSR count). The first-order valence-electron chi connectivity index (χ1n) is 5.52.